The monoisotopic (exact) mass is 249 g/mol. The van der Waals surface area contributed by atoms with Crippen LogP contribution in [-0.4, -0.2) is 16.2 Å². The second kappa shape index (κ2) is 6.26. The normalized spacial score (nSPS) is 24.8. The largest absolute Gasteiger partial charge is 0.379 e. The van der Waals surface area contributed by atoms with E-state index in [9.17, 15) is 0 Å². The van der Waals surface area contributed by atoms with Gasteiger partial charge in [0.25, 0.3) is 0 Å². The Hall–Kier alpha value is -0.990. The van der Waals surface area contributed by atoms with E-state index in [2.05, 4.69) is 36.3 Å². The van der Waals surface area contributed by atoms with E-state index in [-0.39, 0.29) is 0 Å². The maximum absolute atomic E-state index is 4.26. The molecule has 1 aromatic rings. The summed E-state index contributed by atoms with van der Waals surface area (Å²) >= 11 is 0. The summed E-state index contributed by atoms with van der Waals surface area (Å²) in [6, 6.07) is 0.641. The molecule has 18 heavy (non-hydrogen) atoms. The number of aryl methyl sites for hydroxylation is 2. The highest BCUT2D eigenvalue weighted by Gasteiger charge is 2.19. The maximum atomic E-state index is 4.26. The summed E-state index contributed by atoms with van der Waals surface area (Å²) in [4.78, 5) is 0. The molecule has 0 bridgehead atoms. The molecule has 1 saturated carbocycles. The van der Waals surface area contributed by atoms with Crippen molar-refractivity contribution in [2.24, 2.45) is 5.92 Å². The quantitative estimate of drug-likeness (QED) is 0.786. The predicted octanol–water partition coefficient (Wildman–Crippen LogP) is 4.19. The second-order valence-corrected chi connectivity index (χ2v) is 5.81. The van der Waals surface area contributed by atoms with Crippen LogP contribution in [0.2, 0.25) is 0 Å². The first kappa shape index (κ1) is 13.4. The lowest BCUT2D eigenvalue weighted by atomic mass is 9.95. The van der Waals surface area contributed by atoms with Gasteiger partial charge >= 0.3 is 0 Å². The van der Waals surface area contributed by atoms with Gasteiger partial charge in [0, 0.05) is 6.04 Å². The molecule has 2 atom stereocenters. The van der Waals surface area contributed by atoms with Crippen molar-refractivity contribution in [1.82, 2.24) is 10.2 Å². The fraction of sp³-hybridized carbons (Fsp3) is 0.800. The molecule has 1 fully saturated rings. The number of hydrogen-bond donors (Lipinski definition) is 2. The van der Waals surface area contributed by atoms with Gasteiger partial charge in [-0.05, 0) is 39.0 Å². The van der Waals surface area contributed by atoms with Gasteiger partial charge in [0.05, 0.1) is 17.1 Å². The van der Waals surface area contributed by atoms with E-state index in [1.54, 1.807) is 0 Å². The summed E-state index contributed by atoms with van der Waals surface area (Å²) < 4.78 is 0. The minimum Gasteiger partial charge on any atom is -0.379 e. The molecule has 0 amide bonds. The van der Waals surface area contributed by atoms with Crippen LogP contribution in [0.3, 0.4) is 0 Å². The van der Waals surface area contributed by atoms with E-state index >= 15 is 0 Å². The molecule has 1 aromatic heterocycles. The molecular formula is C15H27N3. The number of rotatable bonds is 4. The Kier molecular flexibility index (Phi) is 4.67. The molecule has 1 aliphatic carbocycles. The third-order valence-corrected chi connectivity index (χ3v) is 4.26. The first-order valence-corrected chi connectivity index (χ1v) is 7.48. The van der Waals surface area contributed by atoms with E-state index in [0.29, 0.717) is 6.04 Å². The molecule has 0 radical (unpaired) electrons. The van der Waals surface area contributed by atoms with Crippen LogP contribution in [0.1, 0.15) is 63.3 Å². The summed E-state index contributed by atoms with van der Waals surface area (Å²) in [6.07, 6.45) is 9.56. The first-order chi connectivity index (χ1) is 8.70. The number of hydrogen-bond acceptors (Lipinski definition) is 2. The second-order valence-electron chi connectivity index (χ2n) is 5.81. The first-order valence-electron chi connectivity index (χ1n) is 7.48. The standard InChI is InChI=1S/C15H27N3/c1-4-6-13-7-5-8-14(10-9-13)16-15-11(2)17-18-12(15)3/h13-14,16H,4-10H2,1-3H3,(H,17,18). The molecule has 0 saturated heterocycles. The lowest BCUT2D eigenvalue weighted by Gasteiger charge is -2.18. The number of nitrogens with zero attached hydrogens (tertiary/aromatic N) is 1. The van der Waals surface area contributed by atoms with Gasteiger partial charge in [-0.25, -0.2) is 0 Å². The highest BCUT2D eigenvalue weighted by atomic mass is 15.2. The average Bonchev–Trinajstić information content (AvgIpc) is 2.57. The highest BCUT2D eigenvalue weighted by Crippen LogP contribution is 2.29. The molecule has 2 rings (SSSR count). The van der Waals surface area contributed by atoms with Crippen LogP contribution in [-0.2, 0) is 0 Å². The zero-order valence-electron chi connectivity index (χ0n) is 12.1. The Morgan fingerprint density at radius 3 is 2.72 bits per heavy atom. The molecule has 0 aromatic carbocycles. The molecule has 102 valence electrons. The number of H-pyrrole nitrogens is 1. The van der Waals surface area contributed by atoms with E-state index in [0.717, 1.165) is 11.6 Å². The van der Waals surface area contributed by atoms with Gasteiger partial charge in [-0.2, -0.15) is 5.10 Å². The molecule has 1 aliphatic rings. The maximum Gasteiger partial charge on any atom is 0.0825 e. The Labute approximate surface area is 111 Å². The molecule has 3 heteroatoms. The zero-order valence-corrected chi connectivity index (χ0v) is 12.1. The number of aromatic amines is 1. The van der Waals surface area contributed by atoms with E-state index < -0.39 is 0 Å². The van der Waals surface area contributed by atoms with Gasteiger partial charge in [0.1, 0.15) is 0 Å². The van der Waals surface area contributed by atoms with E-state index in [4.69, 9.17) is 0 Å². The van der Waals surface area contributed by atoms with Crippen molar-refractivity contribution in [3.63, 3.8) is 0 Å². The number of aromatic nitrogens is 2. The zero-order chi connectivity index (χ0) is 13.0. The van der Waals surface area contributed by atoms with Gasteiger partial charge in [-0.3, -0.25) is 5.10 Å². The van der Waals surface area contributed by atoms with Crippen molar-refractivity contribution < 1.29 is 0 Å². The van der Waals surface area contributed by atoms with Crippen LogP contribution < -0.4 is 5.32 Å². The smallest absolute Gasteiger partial charge is 0.0825 e. The average molecular weight is 249 g/mol. The van der Waals surface area contributed by atoms with Crippen molar-refractivity contribution in [2.75, 3.05) is 5.32 Å². The fourth-order valence-corrected chi connectivity index (χ4v) is 3.19. The van der Waals surface area contributed by atoms with Crippen molar-refractivity contribution in [3.05, 3.63) is 11.4 Å². The Morgan fingerprint density at radius 2 is 2.06 bits per heavy atom. The van der Waals surface area contributed by atoms with Crippen LogP contribution in [0.5, 0.6) is 0 Å². The van der Waals surface area contributed by atoms with Crippen LogP contribution >= 0.6 is 0 Å². The fourth-order valence-electron chi connectivity index (χ4n) is 3.19. The van der Waals surface area contributed by atoms with Gasteiger partial charge in [0.2, 0.25) is 0 Å². The van der Waals surface area contributed by atoms with Gasteiger partial charge < -0.3 is 5.32 Å². The minimum absolute atomic E-state index is 0.641. The summed E-state index contributed by atoms with van der Waals surface area (Å²) in [5, 5.41) is 11.0. The Morgan fingerprint density at radius 1 is 1.22 bits per heavy atom. The van der Waals surface area contributed by atoms with E-state index in [1.165, 1.54) is 56.3 Å². The van der Waals surface area contributed by atoms with Crippen LogP contribution in [0.25, 0.3) is 0 Å². The topological polar surface area (TPSA) is 40.7 Å². The number of nitrogens with one attached hydrogen (secondary N) is 2. The van der Waals surface area contributed by atoms with Crippen molar-refractivity contribution >= 4 is 5.69 Å². The predicted molar refractivity (Wildman–Crippen MR) is 77.0 cm³/mol. The van der Waals surface area contributed by atoms with Crippen molar-refractivity contribution in [2.45, 2.75) is 71.8 Å². The van der Waals surface area contributed by atoms with Crippen LogP contribution in [0.4, 0.5) is 5.69 Å². The highest BCUT2D eigenvalue weighted by molar-refractivity contribution is 5.52. The molecule has 2 unspecified atom stereocenters. The lowest BCUT2D eigenvalue weighted by molar-refractivity contribution is 0.422. The van der Waals surface area contributed by atoms with Gasteiger partial charge in [0.15, 0.2) is 0 Å². The van der Waals surface area contributed by atoms with Crippen LogP contribution in [0, 0.1) is 19.8 Å². The SMILES string of the molecule is CCCC1CCCC(Nc2c(C)n[nH]c2C)CC1. The molecule has 3 nitrogen and oxygen atoms in total. The Bertz CT molecular complexity index is 350. The van der Waals surface area contributed by atoms with Gasteiger partial charge in [-0.1, -0.05) is 32.6 Å². The number of anilines is 1. The summed E-state index contributed by atoms with van der Waals surface area (Å²) in [6.45, 7) is 6.47. The molecular weight excluding hydrogens is 222 g/mol. The summed E-state index contributed by atoms with van der Waals surface area (Å²) in [7, 11) is 0. The molecule has 2 N–H and O–H groups in total. The molecule has 1 heterocycles. The van der Waals surface area contributed by atoms with Crippen LogP contribution in [0.15, 0.2) is 0 Å². The third-order valence-electron chi connectivity index (χ3n) is 4.26. The van der Waals surface area contributed by atoms with Crippen molar-refractivity contribution in [1.29, 1.82) is 0 Å². The Balaban J connectivity index is 1.91. The van der Waals surface area contributed by atoms with E-state index in [1.807, 2.05) is 0 Å². The summed E-state index contributed by atoms with van der Waals surface area (Å²) in [5.41, 5.74) is 3.50. The summed E-state index contributed by atoms with van der Waals surface area (Å²) in [5.74, 6) is 0.966. The molecule has 0 aliphatic heterocycles. The van der Waals surface area contributed by atoms with Crippen molar-refractivity contribution in [3.8, 4) is 0 Å². The minimum atomic E-state index is 0.641. The lowest BCUT2D eigenvalue weighted by Crippen LogP contribution is -2.19. The van der Waals surface area contributed by atoms with Gasteiger partial charge in [-0.15, -0.1) is 0 Å². The molecule has 0 spiro atoms. The third kappa shape index (κ3) is 3.27.